The number of para-hydroxylation sites is 1. The van der Waals surface area contributed by atoms with Gasteiger partial charge in [-0.1, -0.05) is 75.4 Å². The normalized spacial score (nSPS) is 11.1. The van der Waals surface area contributed by atoms with E-state index < -0.39 is 0 Å². The van der Waals surface area contributed by atoms with Gasteiger partial charge in [0.1, 0.15) is 5.75 Å². The molecule has 0 bridgehead atoms. The topological polar surface area (TPSA) is 38.0 Å². The Balaban J connectivity index is 1.94. The van der Waals surface area contributed by atoms with Gasteiger partial charge in [0.05, 0.1) is 11.4 Å². The van der Waals surface area contributed by atoms with Gasteiger partial charge in [-0.05, 0) is 38.0 Å². The fourth-order valence-corrected chi connectivity index (χ4v) is 3.86. The number of rotatable bonds is 9. The van der Waals surface area contributed by atoms with E-state index in [1.807, 2.05) is 18.2 Å². The van der Waals surface area contributed by atoms with Crippen LogP contribution in [0.5, 0.6) is 5.75 Å². The van der Waals surface area contributed by atoms with Crippen LogP contribution in [0.15, 0.2) is 48.5 Å². The van der Waals surface area contributed by atoms with Gasteiger partial charge in [-0.15, -0.1) is 0 Å². The summed E-state index contributed by atoms with van der Waals surface area (Å²) in [7, 11) is 0. The van der Waals surface area contributed by atoms with Crippen molar-refractivity contribution < 1.29 is 5.11 Å². The minimum Gasteiger partial charge on any atom is -0.507 e. The summed E-state index contributed by atoms with van der Waals surface area (Å²) < 4.78 is 2.10. The van der Waals surface area contributed by atoms with E-state index in [2.05, 4.69) is 49.7 Å². The van der Waals surface area contributed by atoms with Gasteiger partial charge in [0, 0.05) is 23.2 Å². The van der Waals surface area contributed by atoms with E-state index in [4.69, 9.17) is 5.10 Å². The first-order valence-corrected chi connectivity index (χ1v) is 10.5. The van der Waals surface area contributed by atoms with Gasteiger partial charge in [0.15, 0.2) is 0 Å². The lowest BCUT2D eigenvalue weighted by Crippen LogP contribution is -2.03. The molecule has 3 heteroatoms. The van der Waals surface area contributed by atoms with E-state index in [0.717, 1.165) is 35.5 Å². The van der Waals surface area contributed by atoms with E-state index in [0.29, 0.717) is 5.75 Å². The molecule has 0 amide bonds. The Hall–Kier alpha value is -2.55. The molecule has 0 atom stereocenters. The van der Waals surface area contributed by atoms with Crippen molar-refractivity contribution >= 4 is 0 Å². The lowest BCUT2D eigenvalue weighted by Gasteiger charge is -2.10. The first kappa shape index (κ1) is 20.2. The van der Waals surface area contributed by atoms with Gasteiger partial charge in [-0.3, -0.25) is 4.68 Å². The molecule has 0 aliphatic carbocycles. The minimum atomic E-state index is 0.311. The average Bonchev–Trinajstić information content (AvgIpc) is 3.01. The van der Waals surface area contributed by atoms with Crippen molar-refractivity contribution in [2.24, 2.45) is 0 Å². The lowest BCUT2D eigenvalue weighted by atomic mass is 9.99. The van der Waals surface area contributed by atoms with E-state index >= 15 is 0 Å². The lowest BCUT2D eigenvalue weighted by molar-refractivity contribution is 0.475. The van der Waals surface area contributed by atoms with Crippen molar-refractivity contribution in [3.05, 3.63) is 59.7 Å². The maximum atomic E-state index is 10.5. The summed E-state index contributed by atoms with van der Waals surface area (Å²) >= 11 is 0. The number of hydrogen-bond acceptors (Lipinski definition) is 2. The number of hydrogen-bond donors (Lipinski definition) is 1. The van der Waals surface area contributed by atoms with E-state index in [-0.39, 0.29) is 0 Å². The van der Waals surface area contributed by atoms with Crippen molar-refractivity contribution in [1.82, 2.24) is 9.78 Å². The van der Waals surface area contributed by atoms with Crippen LogP contribution in [-0.4, -0.2) is 14.9 Å². The summed E-state index contributed by atoms with van der Waals surface area (Å²) in [5.74, 6) is 0.311. The first-order valence-electron chi connectivity index (χ1n) is 10.5. The molecule has 1 aromatic heterocycles. The van der Waals surface area contributed by atoms with Gasteiger partial charge in [-0.2, -0.15) is 5.10 Å². The molecule has 0 fully saturated rings. The molecule has 1 N–H and O–H groups in total. The smallest absolute Gasteiger partial charge is 0.124 e. The molecular formula is C25H32N2O. The van der Waals surface area contributed by atoms with Gasteiger partial charge >= 0.3 is 0 Å². The average molecular weight is 377 g/mol. The standard InChI is InChI=1S/C25H32N2O/c1-4-5-6-7-8-13-18-27-25(22-16-11-12-17-23(22)28)20(3)24(26-27)21-15-10-9-14-19(21)2/h9-12,14-17,28H,4-8,13,18H2,1-3H3. The second kappa shape index (κ2) is 9.59. The Bertz CT molecular complexity index is 911. The Morgan fingerprint density at radius 3 is 2.18 bits per heavy atom. The van der Waals surface area contributed by atoms with Crippen LogP contribution in [0.1, 0.15) is 56.6 Å². The third-order valence-electron chi connectivity index (χ3n) is 5.47. The van der Waals surface area contributed by atoms with Crippen LogP contribution < -0.4 is 0 Å². The van der Waals surface area contributed by atoms with Crippen LogP contribution in [0.4, 0.5) is 0 Å². The number of benzene rings is 2. The molecule has 0 saturated heterocycles. The summed E-state index contributed by atoms with van der Waals surface area (Å²) in [6.07, 6.45) is 7.52. The molecular weight excluding hydrogens is 344 g/mol. The van der Waals surface area contributed by atoms with Gasteiger partial charge in [0.25, 0.3) is 0 Å². The Morgan fingerprint density at radius 2 is 1.46 bits per heavy atom. The van der Waals surface area contributed by atoms with Gasteiger partial charge in [0.2, 0.25) is 0 Å². The Morgan fingerprint density at radius 1 is 0.821 bits per heavy atom. The maximum Gasteiger partial charge on any atom is 0.124 e. The third-order valence-corrected chi connectivity index (χ3v) is 5.47. The highest BCUT2D eigenvalue weighted by atomic mass is 16.3. The SMILES string of the molecule is CCCCCCCCn1nc(-c2ccccc2C)c(C)c1-c1ccccc1O. The molecule has 3 aromatic rings. The number of phenolic OH excluding ortho intramolecular Hbond substituents is 1. The molecule has 0 radical (unpaired) electrons. The second-order valence-electron chi connectivity index (χ2n) is 7.65. The summed E-state index contributed by atoms with van der Waals surface area (Å²) in [6.45, 7) is 7.37. The number of nitrogens with zero attached hydrogens (tertiary/aromatic N) is 2. The number of unbranched alkanes of at least 4 members (excludes halogenated alkanes) is 5. The zero-order valence-electron chi connectivity index (χ0n) is 17.4. The molecule has 28 heavy (non-hydrogen) atoms. The molecule has 0 aliphatic rings. The summed E-state index contributed by atoms with van der Waals surface area (Å²) in [5, 5.41) is 15.5. The zero-order valence-corrected chi connectivity index (χ0v) is 17.4. The van der Waals surface area contributed by atoms with Crippen LogP contribution in [0.25, 0.3) is 22.5 Å². The number of aryl methyl sites for hydroxylation is 2. The molecule has 0 unspecified atom stereocenters. The zero-order chi connectivity index (χ0) is 19.9. The predicted molar refractivity (Wildman–Crippen MR) is 118 cm³/mol. The first-order chi connectivity index (χ1) is 13.6. The van der Waals surface area contributed by atoms with Crippen molar-refractivity contribution in [3.8, 4) is 28.3 Å². The van der Waals surface area contributed by atoms with Crippen molar-refractivity contribution in [2.45, 2.75) is 65.8 Å². The molecule has 0 aliphatic heterocycles. The summed E-state index contributed by atoms with van der Waals surface area (Å²) in [4.78, 5) is 0. The van der Waals surface area contributed by atoms with Crippen LogP contribution in [0, 0.1) is 13.8 Å². The van der Waals surface area contributed by atoms with Crippen molar-refractivity contribution in [2.75, 3.05) is 0 Å². The molecule has 3 nitrogen and oxygen atoms in total. The molecule has 148 valence electrons. The molecule has 3 rings (SSSR count). The Labute approximate surface area is 169 Å². The molecule has 0 saturated carbocycles. The third kappa shape index (κ3) is 4.46. The highest BCUT2D eigenvalue weighted by molar-refractivity contribution is 5.78. The fraction of sp³-hybridized carbons (Fsp3) is 0.400. The monoisotopic (exact) mass is 376 g/mol. The van der Waals surface area contributed by atoms with Crippen LogP contribution >= 0.6 is 0 Å². The number of aromatic nitrogens is 2. The Kier molecular flexibility index (Phi) is 6.91. The van der Waals surface area contributed by atoms with Crippen LogP contribution in [-0.2, 0) is 6.54 Å². The van der Waals surface area contributed by atoms with E-state index in [1.54, 1.807) is 6.07 Å². The van der Waals surface area contributed by atoms with Gasteiger partial charge < -0.3 is 5.11 Å². The predicted octanol–water partition coefficient (Wildman–Crippen LogP) is 6.90. The minimum absolute atomic E-state index is 0.311. The molecule has 1 heterocycles. The second-order valence-corrected chi connectivity index (χ2v) is 7.65. The maximum absolute atomic E-state index is 10.5. The van der Waals surface area contributed by atoms with Crippen molar-refractivity contribution in [3.63, 3.8) is 0 Å². The summed E-state index contributed by atoms with van der Waals surface area (Å²) in [6, 6.07) is 16.0. The van der Waals surface area contributed by atoms with E-state index in [1.165, 1.54) is 43.2 Å². The highest BCUT2D eigenvalue weighted by Crippen LogP contribution is 2.37. The fourth-order valence-electron chi connectivity index (χ4n) is 3.86. The van der Waals surface area contributed by atoms with E-state index in [9.17, 15) is 5.11 Å². The number of aromatic hydroxyl groups is 1. The van der Waals surface area contributed by atoms with Gasteiger partial charge in [-0.25, -0.2) is 0 Å². The van der Waals surface area contributed by atoms with Crippen LogP contribution in [0.2, 0.25) is 0 Å². The highest BCUT2D eigenvalue weighted by Gasteiger charge is 2.20. The molecule has 2 aromatic carbocycles. The quantitative estimate of drug-likeness (QED) is 0.412. The van der Waals surface area contributed by atoms with Crippen LogP contribution in [0.3, 0.4) is 0 Å². The number of phenols is 1. The summed E-state index contributed by atoms with van der Waals surface area (Å²) in [5.41, 5.74) is 6.42. The largest absolute Gasteiger partial charge is 0.507 e. The molecule has 0 spiro atoms. The van der Waals surface area contributed by atoms with Crippen molar-refractivity contribution in [1.29, 1.82) is 0 Å².